The fraction of sp³-hybridized carbons (Fsp3) is 0.667. The second kappa shape index (κ2) is 5.95. The molecule has 52 valence electrons. The molecule has 0 unspecified atom stereocenters. The fourth-order valence-corrected chi connectivity index (χ4v) is 0.519. The van der Waals surface area contributed by atoms with Gasteiger partial charge in [-0.15, -0.1) is 0 Å². The first kappa shape index (κ1) is 8.82. The van der Waals surface area contributed by atoms with Crippen molar-refractivity contribution in [3.8, 4) is 0 Å². The van der Waals surface area contributed by atoms with Gasteiger partial charge in [0.15, 0.2) is 0 Å². The van der Waals surface area contributed by atoms with Gasteiger partial charge in [0.1, 0.15) is 0 Å². The zero-order valence-corrected chi connectivity index (χ0v) is 6.06. The average molecular weight is 146 g/mol. The highest BCUT2D eigenvalue weighted by Gasteiger charge is 1.97. The summed E-state index contributed by atoms with van der Waals surface area (Å²) in [4.78, 5) is 10.5. The third-order valence-corrected chi connectivity index (χ3v) is 0.920. The number of carbonyl (C=O) groups excluding carboxylic acids is 1. The van der Waals surface area contributed by atoms with E-state index in [1.807, 2.05) is 0 Å². The van der Waals surface area contributed by atoms with Crippen LogP contribution in [0.25, 0.3) is 0 Å². The van der Waals surface area contributed by atoms with Crippen molar-refractivity contribution < 1.29 is 9.53 Å². The summed E-state index contributed by atoms with van der Waals surface area (Å²) in [6, 6.07) is 0. The van der Waals surface area contributed by atoms with Gasteiger partial charge in [-0.05, 0) is 13.3 Å². The van der Waals surface area contributed by atoms with E-state index in [1.165, 1.54) is 0 Å². The van der Waals surface area contributed by atoms with Crippen LogP contribution in [0.4, 0.5) is 0 Å². The molecule has 0 saturated carbocycles. The Labute approximate surface area is 61.0 Å². The van der Waals surface area contributed by atoms with E-state index in [4.69, 9.17) is 6.92 Å². The van der Waals surface area contributed by atoms with E-state index >= 15 is 0 Å². The molecular weight excluding hydrogens is 136 g/mol. The number of rotatable bonds is 4. The largest absolute Gasteiger partial charge is 0.466 e. The van der Waals surface area contributed by atoms with Gasteiger partial charge in [0.2, 0.25) is 0 Å². The number of carbonyl (C=O) groups is 1. The second-order valence-corrected chi connectivity index (χ2v) is 1.93. The second-order valence-electron chi connectivity index (χ2n) is 1.48. The van der Waals surface area contributed by atoms with Gasteiger partial charge in [0, 0.05) is 5.75 Å². The maximum atomic E-state index is 10.5. The zero-order valence-electron chi connectivity index (χ0n) is 5.17. The summed E-state index contributed by atoms with van der Waals surface area (Å²) in [6.07, 6.45) is 0.751. The molecule has 0 aliphatic carbocycles. The number of esters is 1. The molecule has 0 atom stereocenters. The maximum Gasteiger partial charge on any atom is 0.306 e. The molecule has 0 fully saturated rings. The summed E-state index contributed by atoms with van der Waals surface area (Å²) in [5.41, 5.74) is 0. The Morgan fingerprint density at radius 2 is 2.33 bits per heavy atom. The molecule has 0 aliphatic heterocycles. The lowest BCUT2D eigenvalue weighted by Crippen LogP contribution is -2.05. The highest BCUT2D eigenvalue weighted by atomic mass is 32.1. The molecule has 0 heterocycles. The average Bonchev–Trinajstić information content (AvgIpc) is 1.85. The van der Waals surface area contributed by atoms with E-state index in [0.29, 0.717) is 25.2 Å². The van der Waals surface area contributed by atoms with Gasteiger partial charge in [-0.25, -0.2) is 0 Å². The minimum Gasteiger partial charge on any atom is -0.466 e. The number of hydrogen-bond donors (Lipinski definition) is 1. The topological polar surface area (TPSA) is 26.3 Å². The summed E-state index contributed by atoms with van der Waals surface area (Å²) >= 11 is 3.85. The van der Waals surface area contributed by atoms with E-state index in [2.05, 4.69) is 17.4 Å². The molecule has 0 amide bonds. The zero-order chi connectivity index (χ0) is 7.11. The van der Waals surface area contributed by atoms with E-state index in [-0.39, 0.29) is 5.97 Å². The lowest BCUT2D eigenvalue weighted by molar-refractivity contribution is -0.142. The van der Waals surface area contributed by atoms with Gasteiger partial charge in [0.25, 0.3) is 0 Å². The molecule has 2 nitrogen and oxygen atoms in total. The first-order valence-corrected chi connectivity index (χ1v) is 3.41. The van der Waals surface area contributed by atoms with Crippen molar-refractivity contribution in [3.63, 3.8) is 0 Å². The van der Waals surface area contributed by atoms with E-state index in [1.54, 1.807) is 0 Å². The fourth-order valence-electron chi connectivity index (χ4n) is 0.336. The first-order chi connectivity index (χ1) is 4.31. The standard InChI is InChI=1S/C6H10O2S/c1-2-4-8-6(7)3-5-9/h1,9H,2-5H2. The van der Waals surface area contributed by atoms with Gasteiger partial charge in [-0.1, -0.05) is 0 Å². The smallest absolute Gasteiger partial charge is 0.306 e. The van der Waals surface area contributed by atoms with Crippen molar-refractivity contribution in [1.82, 2.24) is 0 Å². The molecular formula is C6H10O2S. The molecule has 9 heavy (non-hydrogen) atoms. The van der Waals surface area contributed by atoms with Crippen LogP contribution in [0.2, 0.25) is 0 Å². The van der Waals surface area contributed by atoms with Crippen LogP contribution in [0, 0.1) is 6.92 Å². The Morgan fingerprint density at radius 1 is 1.67 bits per heavy atom. The number of ether oxygens (including phenoxy) is 1. The highest BCUT2D eigenvalue weighted by Crippen LogP contribution is 1.89. The molecule has 0 N–H and O–H groups in total. The number of hydrogen-bond acceptors (Lipinski definition) is 3. The molecule has 0 spiro atoms. The van der Waals surface area contributed by atoms with Crippen LogP contribution in [-0.4, -0.2) is 18.3 Å². The minimum absolute atomic E-state index is 0.226. The van der Waals surface area contributed by atoms with Gasteiger partial charge < -0.3 is 4.74 Å². The van der Waals surface area contributed by atoms with E-state index < -0.39 is 0 Å². The Hall–Kier alpha value is -0.180. The highest BCUT2D eigenvalue weighted by molar-refractivity contribution is 7.80. The maximum absolute atomic E-state index is 10.5. The molecule has 0 rings (SSSR count). The van der Waals surface area contributed by atoms with Crippen molar-refractivity contribution >= 4 is 18.6 Å². The van der Waals surface area contributed by atoms with Crippen LogP contribution in [0.5, 0.6) is 0 Å². The van der Waals surface area contributed by atoms with Crippen LogP contribution in [0.3, 0.4) is 0 Å². The summed E-state index contributed by atoms with van der Waals surface area (Å²) < 4.78 is 4.62. The van der Waals surface area contributed by atoms with Crippen molar-refractivity contribution in [1.29, 1.82) is 0 Å². The number of thiol groups is 1. The monoisotopic (exact) mass is 146 g/mol. The molecule has 0 aromatic rings. The predicted molar refractivity (Wildman–Crippen MR) is 38.3 cm³/mol. The Morgan fingerprint density at radius 3 is 2.78 bits per heavy atom. The molecule has 0 saturated heterocycles. The molecule has 0 aliphatic rings. The van der Waals surface area contributed by atoms with Crippen molar-refractivity contribution in [3.05, 3.63) is 6.92 Å². The lowest BCUT2D eigenvalue weighted by atomic mass is 10.5. The third kappa shape index (κ3) is 5.69. The molecule has 0 bridgehead atoms. The predicted octanol–water partition coefficient (Wildman–Crippen LogP) is 0.951. The summed E-state index contributed by atoms with van der Waals surface area (Å²) in [7, 11) is 0. The molecule has 3 heteroatoms. The van der Waals surface area contributed by atoms with Crippen LogP contribution < -0.4 is 0 Å². The van der Waals surface area contributed by atoms with Crippen molar-refractivity contribution in [2.24, 2.45) is 0 Å². The van der Waals surface area contributed by atoms with E-state index in [9.17, 15) is 4.79 Å². The third-order valence-electron chi connectivity index (χ3n) is 0.697. The molecule has 0 aromatic heterocycles. The van der Waals surface area contributed by atoms with Crippen LogP contribution in [0.15, 0.2) is 0 Å². The van der Waals surface area contributed by atoms with Gasteiger partial charge in [-0.2, -0.15) is 12.6 Å². The first-order valence-electron chi connectivity index (χ1n) is 2.77. The van der Waals surface area contributed by atoms with Crippen molar-refractivity contribution in [2.45, 2.75) is 12.8 Å². The Bertz CT molecular complexity index is 83.1. The van der Waals surface area contributed by atoms with Gasteiger partial charge in [-0.3, -0.25) is 4.79 Å². The van der Waals surface area contributed by atoms with Crippen LogP contribution >= 0.6 is 12.6 Å². The normalized spacial score (nSPS) is 9.11. The van der Waals surface area contributed by atoms with Crippen LogP contribution in [-0.2, 0) is 9.53 Å². The quantitative estimate of drug-likeness (QED) is 0.472. The van der Waals surface area contributed by atoms with Gasteiger partial charge >= 0.3 is 5.97 Å². The lowest BCUT2D eigenvalue weighted by Gasteiger charge is -1.98. The van der Waals surface area contributed by atoms with Gasteiger partial charge in [0.05, 0.1) is 13.0 Å². The minimum atomic E-state index is -0.226. The van der Waals surface area contributed by atoms with E-state index in [0.717, 1.165) is 0 Å². The Balaban J connectivity index is 3.06. The summed E-state index contributed by atoms with van der Waals surface area (Å²) in [5.74, 6) is 0.305. The Kier molecular flexibility index (Phi) is 5.83. The SMILES string of the molecule is [CH]CCOC(=O)CCS. The summed E-state index contributed by atoms with van der Waals surface area (Å²) in [5, 5.41) is 0. The van der Waals surface area contributed by atoms with Crippen LogP contribution in [0.1, 0.15) is 12.8 Å². The summed E-state index contributed by atoms with van der Waals surface area (Å²) in [6.45, 7) is 5.39. The molecule has 2 radical (unpaired) electrons. The van der Waals surface area contributed by atoms with Crippen molar-refractivity contribution in [2.75, 3.05) is 12.4 Å². The molecule has 0 aromatic carbocycles.